The molecule has 1 aliphatic rings. The van der Waals surface area contributed by atoms with Crippen molar-refractivity contribution in [2.45, 2.75) is 46.3 Å². The number of carboxylic acid groups (broad SMARTS) is 1. The van der Waals surface area contributed by atoms with E-state index in [2.05, 4.69) is 10.3 Å². The average Bonchev–Trinajstić information content (AvgIpc) is 2.68. The molecule has 154 valence electrons. The lowest BCUT2D eigenvalue weighted by molar-refractivity contribution is -0.133. The first-order valence-corrected chi connectivity index (χ1v) is 9.52. The molecule has 0 amide bonds. The van der Waals surface area contributed by atoms with E-state index in [0.717, 1.165) is 22.4 Å². The number of nitrogens with one attached hydrogen (secondary N) is 1. The van der Waals surface area contributed by atoms with E-state index in [1.807, 2.05) is 39.0 Å². The van der Waals surface area contributed by atoms with Crippen LogP contribution in [0.2, 0.25) is 0 Å². The second-order valence-corrected chi connectivity index (χ2v) is 7.38. The normalized spacial score (nSPS) is 15.8. The fraction of sp³-hybridized carbons (Fsp3) is 0.364. The number of aromatic nitrogens is 1. The van der Waals surface area contributed by atoms with Crippen LogP contribution in [0.25, 0.3) is 0 Å². The standard InChI is InChI=1S/C22H27N3O4/c1-11(2)29-21-19-18(15-7-6-14(9-23)8-16(15)28-5)17(22(26)27)13(4)25-20(19)12(3)10-24-21/h6-8,10-11,18,25H,9,23H2,1-5H3,(H,26,27). The Morgan fingerprint density at radius 3 is 2.66 bits per heavy atom. The summed E-state index contributed by atoms with van der Waals surface area (Å²) in [5.74, 6) is -0.622. The number of allylic oxidation sites excluding steroid dienone is 1. The van der Waals surface area contributed by atoms with Crippen molar-refractivity contribution >= 4 is 11.7 Å². The molecule has 7 nitrogen and oxygen atoms in total. The molecule has 0 radical (unpaired) electrons. The smallest absolute Gasteiger partial charge is 0.334 e. The lowest BCUT2D eigenvalue weighted by Crippen LogP contribution is -2.25. The van der Waals surface area contributed by atoms with Gasteiger partial charge in [-0.05, 0) is 44.9 Å². The zero-order valence-electron chi connectivity index (χ0n) is 17.4. The number of anilines is 1. The first kappa shape index (κ1) is 20.7. The second kappa shape index (κ2) is 8.13. The number of rotatable bonds is 6. The molecule has 0 saturated heterocycles. The molecule has 2 heterocycles. The Bertz CT molecular complexity index is 982. The minimum atomic E-state index is -1.01. The quantitative estimate of drug-likeness (QED) is 0.684. The monoisotopic (exact) mass is 397 g/mol. The van der Waals surface area contributed by atoms with E-state index >= 15 is 0 Å². The van der Waals surface area contributed by atoms with Crippen molar-refractivity contribution in [3.8, 4) is 11.6 Å². The van der Waals surface area contributed by atoms with Gasteiger partial charge < -0.3 is 25.6 Å². The number of fused-ring (bicyclic) bond motifs is 1. The van der Waals surface area contributed by atoms with Crippen molar-refractivity contribution in [3.63, 3.8) is 0 Å². The Morgan fingerprint density at radius 2 is 2.07 bits per heavy atom. The molecule has 0 fully saturated rings. The molecule has 0 bridgehead atoms. The summed E-state index contributed by atoms with van der Waals surface area (Å²) < 4.78 is 11.6. The SMILES string of the molecule is COc1cc(CN)ccc1C1C(C(=O)O)=C(C)Nc2c(C)cnc(OC(C)C)c21. The van der Waals surface area contributed by atoms with E-state index in [0.29, 0.717) is 29.4 Å². The largest absolute Gasteiger partial charge is 0.496 e. The first-order valence-electron chi connectivity index (χ1n) is 9.52. The van der Waals surface area contributed by atoms with E-state index in [1.54, 1.807) is 20.2 Å². The van der Waals surface area contributed by atoms with Gasteiger partial charge in [-0.3, -0.25) is 0 Å². The third kappa shape index (κ3) is 3.78. The third-order valence-corrected chi connectivity index (χ3v) is 4.99. The van der Waals surface area contributed by atoms with Crippen molar-refractivity contribution in [1.29, 1.82) is 0 Å². The van der Waals surface area contributed by atoms with Gasteiger partial charge in [-0.25, -0.2) is 9.78 Å². The van der Waals surface area contributed by atoms with Crippen LogP contribution in [0, 0.1) is 6.92 Å². The molecule has 2 aromatic rings. The number of aryl methyl sites for hydroxylation is 1. The van der Waals surface area contributed by atoms with Crippen molar-refractivity contribution < 1.29 is 19.4 Å². The number of nitrogens with zero attached hydrogens (tertiary/aromatic N) is 1. The highest BCUT2D eigenvalue weighted by Gasteiger charge is 2.37. The molecular formula is C22H27N3O4. The van der Waals surface area contributed by atoms with Crippen molar-refractivity contribution in [2.75, 3.05) is 12.4 Å². The Hall–Kier alpha value is -3.06. The molecule has 1 atom stereocenters. The predicted octanol–water partition coefficient (Wildman–Crippen LogP) is 3.56. The van der Waals surface area contributed by atoms with Gasteiger partial charge in [0, 0.05) is 24.0 Å². The van der Waals surface area contributed by atoms with Gasteiger partial charge in [0.05, 0.1) is 36.0 Å². The van der Waals surface area contributed by atoms with Gasteiger partial charge in [-0.1, -0.05) is 12.1 Å². The highest BCUT2D eigenvalue weighted by molar-refractivity contribution is 5.94. The maximum Gasteiger partial charge on any atom is 0.334 e. The fourth-order valence-electron chi connectivity index (χ4n) is 3.69. The molecule has 1 aromatic carbocycles. The number of hydrogen-bond donors (Lipinski definition) is 3. The van der Waals surface area contributed by atoms with E-state index in [4.69, 9.17) is 15.2 Å². The predicted molar refractivity (Wildman–Crippen MR) is 111 cm³/mol. The minimum Gasteiger partial charge on any atom is -0.496 e. The van der Waals surface area contributed by atoms with Crippen LogP contribution in [0.4, 0.5) is 5.69 Å². The highest BCUT2D eigenvalue weighted by Crippen LogP contribution is 2.49. The first-order chi connectivity index (χ1) is 13.8. The summed E-state index contributed by atoms with van der Waals surface area (Å²) in [6.45, 7) is 7.89. The van der Waals surface area contributed by atoms with E-state index in [9.17, 15) is 9.90 Å². The molecule has 29 heavy (non-hydrogen) atoms. The molecule has 4 N–H and O–H groups in total. The molecule has 0 spiro atoms. The Balaban J connectivity index is 2.35. The topological polar surface area (TPSA) is 107 Å². The number of nitrogens with two attached hydrogens (primary N) is 1. The summed E-state index contributed by atoms with van der Waals surface area (Å²) in [6.07, 6.45) is 1.62. The highest BCUT2D eigenvalue weighted by atomic mass is 16.5. The van der Waals surface area contributed by atoms with Gasteiger partial charge in [0.15, 0.2) is 0 Å². The van der Waals surface area contributed by atoms with Crippen LogP contribution in [0.5, 0.6) is 11.6 Å². The lowest BCUT2D eigenvalue weighted by atomic mass is 9.79. The summed E-state index contributed by atoms with van der Waals surface area (Å²) in [4.78, 5) is 16.8. The summed E-state index contributed by atoms with van der Waals surface area (Å²) in [5, 5.41) is 13.3. The van der Waals surface area contributed by atoms with E-state index in [-0.39, 0.29) is 11.7 Å². The summed E-state index contributed by atoms with van der Waals surface area (Å²) in [5.41, 5.74) is 10.6. The van der Waals surface area contributed by atoms with Crippen LogP contribution < -0.4 is 20.5 Å². The number of pyridine rings is 1. The summed E-state index contributed by atoms with van der Waals surface area (Å²) in [7, 11) is 1.57. The molecule has 1 unspecified atom stereocenters. The summed E-state index contributed by atoms with van der Waals surface area (Å²) >= 11 is 0. The van der Waals surface area contributed by atoms with Crippen LogP contribution in [0.1, 0.15) is 48.9 Å². The number of ether oxygens (including phenoxy) is 2. The molecule has 1 aromatic heterocycles. The number of carbonyl (C=O) groups is 1. The Morgan fingerprint density at radius 1 is 1.34 bits per heavy atom. The molecule has 0 saturated carbocycles. The lowest BCUT2D eigenvalue weighted by Gasteiger charge is -2.32. The zero-order valence-corrected chi connectivity index (χ0v) is 17.4. The number of benzene rings is 1. The van der Waals surface area contributed by atoms with Crippen LogP contribution in [0.3, 0.4) is 0 Å². The van der Waals surface area contributed by atoms with E-state index < -0.39 is 11.9 Å². The number of carboxylic acids is 1. The maximum absolute atomic E-state index is 12.3. The summed E-state index contributed by atoms with van der Waals surface area (Å²) in [6, 6.07) is 5.61. The average molecular weight is 397 g/mol. The molecule has 7 heteroatoms. The van der Waals surface area contributed by atoms with Gasteiger partial charge in [0.2, 0.25) is 5.88 Å². The van der Waals surface area contributed by atoms with Gasteiger partial charge in [0.25, 0.3) is 0 Å². The van der Waals surface area contributed by atoms with Gasteiger partial charge in [-0.2, -0.15) is 0 Å². The Labute approximate surface area is 170 Å². The van der Waals surface area contributed by atoms with Gasteiger partial charge in [0.1, 0.15) is 5.75 Å². The number of methoxy groups -OCH3 is 1. The molecular weight excluding hydrogens is 370 g/mol. The van der Waals surface area contributed by atoms with Crippen LogP contribution in [-0.4, -0.2) is 29.3 Å². The molecule has 1 aliphatic heterocycles. The van der Waals surface area contributed by atoms with Crippen LogP contribution in [-0.2, 0) is 11.3 Å². The second-order valence-electron chi connectivity index (χ2n) is 7.38. The van der Waals surface area contributed by atoms with Crippen molar-refractivity contribution in [3.05, 3.63) is 57.9 Å². The number of aliphatic carboxylic acids is 1. The van der Waals surface area contributed by atoms with Crippen LogP contribution in [0.15, 0.2) is 35.7 Å². The van der Waals surface area contributed by atoms with E-state index in [1.165, 1.54) is 0 Å². The van der Waals surface area contributed by atoms with Crippen LogP contribution >= 0.6 is 0 Å². The molecule has 3 rings (SSSR count). The maximum atomic E-state index is 12.3. The Kier molecular flexibility index (Phi) is 5.79. The molecule has 0 aliphatic carbocycles. The zero-order chi connectivity index (χ0) is 21.3. The van der Waals surface area contributed by atoms with Gasteiger partial charge >= 0.3 is 5.97 Å². The fourth-order valence-corrected chi connectivity index (χ4v) is 3.69. The van der Waals surface area contributed by atoms with Crippen molar-refractivity contribution in [1.82, 2.24) is 4.98 Å². The third-order valence-electron chi connectivity index (χ3n) is 4.99. The van der Waals surface area contributed by atoms with Crippen molar-refractivity contribution in [2.24, 2.45) is 5.73 Å². The minimum absolute atomic E-state index is 0.114. The number of hydrogen-bond acceptors (Lipinski definition) is 6. The van der Waals surface area contributed by atoms with Gasteiger partial charge in [-0.15, -0.1) is 0 Å².